The van der Waals surface area contributed by atoms with Gasteiger partial charge in [0, 0.05) is 6.07 Å². The summed E-state index contributed by atoms with van der Waals surface area (Å²) in [6, 6.07) is 13.0. The van der Waals surface area contributed by atoms with Gasteiger partial charge in [-0.15, -0.1) is 0 Å². The fraction of sp³-hybridized carbons (Fsp3) is 0.263. The lowest BCUT2D eigenvalue weighted by Crippen LogP contribution is -2.24. The molecule has 1 N–H and O–H groups in total. The summed E-state index contributed by atoms with van der Waals surface area (Å²) in [6.45, 7) is 2.57. The molecule has 0 aliphatic carbocycles. The van der Waals surface area contributed by atoms with E-state index in [-0.39, 0.29) is 12.4 Å². The molecule has 0 fully saturated rings. The third kappa shape index (κ3) is 7.03. The van der Waals surface area contributed by atoms with Gasteiger partial charge in [0.2, 0.25) is 0 Å². The van der Waals surface area contributed by atoms with Crippen molar-refractivity contribution >= 4 is 12.1 Å². The lowest BCUT2D eigenvalue weighted by atomic mass is 10.2. The van der Waals surface area contributed by atoms with Gasteiger partial charge in [0.05, 0.1) is 12.8 Å². The van der Waals surface area contributed by atoms with Crippen LogP contribution in [-0.4, -0.2) is 25.3 Å². The Hall–Kier alpha value is -2.89. The molecule has 6 heteroatoms. The topological polar surface area (TPSA) is 59.9 Å². The van der Waals surface area contributed by atoms with Gasteiger partial charge in [-0.05, 0) is 48.4 Å². The number of carbonyl (C=O) groups excluding carboxylic acids is 1. The maximum absolute atomic E-state index is 13.0. The fourth-order valence-corrected chi connectivity index (χ4v) is 1.90. The van der Waals surface area contributed by atoms with Crippen LogP contribution in [0.15, 0.2) is 53.6 Å². The summed E-state index contributed by atoms with van der Waals surface area (Å²) < 4.78 is 23.7. The van der Waals surface area contributed by atoms with Crippen LogP contribution in [0.25, 0.3) is 0 Å². The van der Waals surface area contributed by atoms with Crippen molar-refractivity contribution in [3.63, 3.8) is 0 Å². The third-order valence-electron chi connectivity index (χ3n) is 3.22. The molecule has 0 radical (unpaired) electrons. The number of carbonyl (C=O) groups is 1. The van der Waals surface area contributed by atoms with Gasteiger partial charge < -0.3 is 9.47 Å². The average Bonchev–Trinajstić information content (AvgIpc) is 2.62. The summed E-state index contributed by atoms with van der Waals surface area (Å²) in [6.07, 6.45) is 3.64. The van der Waals surface area contributed by atoms with Crippen molar-refractivity contribution in [3.05, 3.63) is 59.9 Å². The Kier molecular flexibility index (Phi) is 7.43. The van der Waals surface area contributed by atoms with Gasteiger partial charge in [-0.1, -0.05) is 19.4 Å². The van der Waals surface area contributed by atoms with E-state index in [0.717, 1.165) is 24.2 Å². The number of rotatable bonds is 9. The zero-order valence-electron chi connectivity index (χ0n) is 14.1. The Morgan fingerprint density at radius 1 is 1.16 bits per heavy atom. The van der Waals surface area contributed by atoms with Gasteiger partial charge in [0.15, 0.2) is 6.61 Å². The van der Waals surface area contributed by atoms with Gasteiger partial charge in [0.25, 0.3) is 5.91 Å². The van der Waals surface area contributed by atoms with Crippen LogP contribution in [-0.2, 0) is 4.79 Å². The summed E-state index contributed by atoms with van der Waals surface area (Å²) >= 11 is 0. The molecule has 0 aliphatic rings. The summed E-state index contributed by atoms with van der Waals surface area (Å²) in [4.78, 5) is 11.6. The van der Waals surface area contributed by atoms with E-state index in [2.05, 4.69) is 17.5 Å². The van der Waals surface area contributed by atoms with Crippen molar-refractivity contribution < 1.29 is 18.7 Å². The minimum atomic E-state index is -0.431. The predicted molar refractivity (Wildman–Crippen MR) is 94.5 cm³/mol. The molecule has 0 spiro atoms. The first-order valence-corrected chi connectivity index (χ1v) is 8.10. The van der Waals surface area contributed by atoms with Crippen LogP contribution in [0.2, 0.25) is 0 Å². The van der Waals surface area contributed by atoms with Gasteiger partial charge in [-0.25, -0.2) is 9.82 Å². The van der Waals surface area contributed by atoms with Crippen molar-refractivity contribution in [3.8, 4) is 11.5 Å². The van der Waals surface area contributed by atoms with Crippen molar-refractivity contribution in [2.24, 2.45) is 5.10 Å². The normalized spacial score (nSPS) is 10.6. The first kappa shape index (κ1) is 18.4. The van der Waals surface area contributed by atoms with Crippen LogP contribution in [0.4, 0.5) is 4.39 Å². The van der Waals surface area contributed by atoms with Crippen LogP contribution in [0.1, 0.15) is 25.3 Å². The molecule has 0 aromatic heterocycles. The maximum atomic E-state index is 13.0. The van der Waals surface area contributed by atoms with Crippen LogP contribution < -0.4 is 14.9 Å². The number of halogens is 1. The molecule has 0 saturated carbocycles. The fourth-order valence-electron chi connectivity index (χ4n) is 1.90. The highest BCUT2D eigenvalue weighted by Crippen LogP contribution is 2.12. The summed E-state index contributed by atoms with van der Waals surface area (Å²) in [5.41, 5.74) is 3.18. The quantitative estimate of drug-likeness (QED) is 0.430. The number of benzene rings is 2. The van der Waals surface area contributed by atoms with Crippen molar-refractivity contribution in [1.29, 1.82) is 0 Å². The number of nitrogens with one attached hydrogen (secondary N) is 1. The van der Waals surface area contributed by atoms with E-state index in [1.54, 1.807) is 6.07 Å². The Balaban J connectivity index is 1.73. The second-order valence-corrected chi connectivity index (χ2v) is 5.31. The van der Waals surface area contributed by atoms with E-state index in [4.69, 9.17) is 9.47 Å². The van der Waals surface area contributed by atoms with Crippen LogP contribution in [0.5, 0.6) is 11.5 Å². The number of hydrogen-bond acceptors (Lipinski definition) is 4. The molecule has 132 valence electrons. The minimum Gasteiger partial charge on any atom is -0.494 e. The average molecular weight is 344 g/mol. The Labute approximate surface area is 146 Å². The molecule has 1 amide bonds. The molecule has 0 saturated heterocycles. The Bertz CT molecular complexity index is 702. The summed E-state index contributed by atoms with van der Waals surface area (Å²) in [5, 5.41) is 3.86. The molecule has 0 atom stereocenters. The van der Waals surface area contributed by atoms with Gasteiger partial charge >= 0.3 is 0 Å². The molecule has 0 aliphatic heterocycles. The second-order valence-electron chi connectivity index (χ2n) is 5.31. The number of hydrazone groups is 1. The van der Waals surface area contributed by atoms with Crippen molar-refractivity contribution in [2.45, 2.75) is 19.8 Å². The molecular weight excluding hydrogens is 323 g/mol. The lowest BCUT2D eigenvalue weighted by Gasteiger charge is -2.05. The zero-order valence-corrected chi connectivity index (χ0v) is 14.1. The van der Waals surface area contributed by atoms with Gasteiger partial charge in [0.1, 0.15) is 17.3 Å². The van der Waals surface area contributed by atoms with E-state index < -0.39 is 11.7 Å². The molecular formula is C19H21FN2O3. The van der Waals surface area contributed by atoms with Gasteiger partial charge in [-0.3, -0.25) is 4.79 Å². The smallest absolute Gasteiger partial charge is 0.277 e. The first-order chi connectivity index (χ1) is 12.2. The Morgan fingerprint density at radius 2 is 1.96 bits per heavy atom. The highest BCUT2D eigenvalue weighted by atomic mass is 19.1. The van der Waals surface area contributed by atoms with Crippen LogP contribution in [0, 0.1) is 5.82 Å². The SMILES string of the molecule is CCCCOc1ccc(/C=N\NC(=O)COc2cccc(F)c2)cc1. The van der Waals surface area contributed by atoms with E-state index in [0.29, 0.717) is 6.61 Å². The van der Waals surface area contributed by atoms with Gasteiger partial charge in [-0.2, -0.15) is 5.10 Å². The van der Waals surface area contributed by atoms with Crippen LogP contribution in [0.3, 0.4) is 0 Å². The van der Waals surface area contributed by atoms with E-state index in [9.17, 15) is 9.18 Å². The standard InChI is InChI=1S/C19H21FN2O3/c1-2-3-11-24-17-9-7-15(8-10-17)13-21-22-19(23)14-25-18-6-4-5-16(20)12-18/h4-10,12-13H,2-3,11,14H2,1H3,(H,22,23)/b21-13-. The minimum absolute atomic E-state index is 0.245. The number of amides is 1. The number of ether oxygens (including phenoxy) is 2. The molecule has 25 heavy (non-hydrogen) atoms. The maximum Gasteiger partial charge on any atom is 0.277 e. The number of unbranched alkanes of at least 4 members (excludes halogenated alkanes) is 1. The Morgan fingerprint density at radius 3 is 2.68 bits per heavy atom. The van der Waals surface area contributed by atoms with E-state index >= 15 is 0 Å². The van der Waals surface area contributed by atoms with E-state index in [1.807, 2.05) is 24.3 Å². The molecule has 2 aromatic carbocycles. The highest BCUT2D eigenvalue weighted by Gasteiger charge is 2.02. The number of nitrogens with zero attached hydrogens (tertiary/aromatic N) is 1. The first-order valence-electron chi connectivity index (χ1n) is 8.10. The zero-order chi connectivity index (χ0) is 17.9. The lowest BCUT2D eigenvalue weighted by molar-refractivity contribution is -0.123. The highest BCUT2D eigenvalue weighted by molar-refractivity contribution is 5.83. The molecule has 5 nitrogen and oxygen atoms in total. The molecule has 2 rings (SSSR count). The van der Waals surface area contributed by atoms with E-state index in [1.165, 1.54) is 24.4 Å². The summed E-state index contributed by atoms with van der Waals surface area (Å²) in [7, 11) is 0. The van der Waals surface area contributed by atoms with Crippen molar-refractivity contribution in [2.75, 3.05) is 13.2 Å². The van der Waals surface area contributed by atoms with Crippen LogP contribution >= 0.6 is 0 Å². The summed E-state index contributed by atoms with van der Waals surface area (Å²) in [5.74, 6) is 0.244. The monoisotopic (exact) mass is 344 g/mol. The van der Waals surface area contributed by atoms with Crippen molar-refractivity contribution in [1.82, 2.24) is 5.43 Å². The molecule has 0 bridgehead atoms. The number of hydrogen-bond donors (Lipinski definition) is 1. The third-order valence-corrected chi connectivity index (χ3v) is 3.22. The predicted octanol–water partition coefficient (Wildman–Crippen LogP) is 3.53. The molecule has 2 aromatic rings. The largest absolute Gasteiger partial charge is 0.494 e. The molecule has 0 heterocycles. The second kappa shape index (κ2) is 10.1. The molecule has 0 unspecified atom stereocenters.